The van der Waals surface area contributed by atoms with Crippen molar-refractivity contribution in [1.29, 1.82) is 0 Å². The normalized spacial score (nSPS) is 14.5. The van der Waals surface area contributed by atoms with Crippen LogP contribution in [0, 0.1) is 6.92 Å². The summed E-state index contributed by atoms with van der Waals surface area (Å²) >= 11 is 7.08. The summed E-state index contributed by atoms with van der Waals surface area (Å²) in [6, 6.07) is 18.7. The third kappa shape index (κ3) is 5.90. The number of ether oxygens (including phenoxy) is 1. The molecule has 1 aliphatic heterocycles. The molecule has 0 spiro atoms. The van der Waals surface area contributed by atoms with Gasteiger partial charge in [-0.05, 0) is 42.9 Å². The summed E-state index contributed by atoms with van der Waals surface area (Å²) < 4.78 is 32.4. The number of esters is 1. The van der Waals surface area contributed by atoms with E-state index in [9.17, 15) is 13.2 Å². The molecule has 0 radical (unpaired) electrons. The molecular weight excluding hydrogens is 502 g/mol. The zero-order valence-corrected chi connectivity index (χ0v) is 22.0. The fourth-order valence-corrected chi connectivity index (χ4v) is 6.70. The van der Waals surface area contributed by atoms with E-state index in [1.165, 1.54) is 22.8 Å². The number of hydrogen-bond acceptors (Lipinski definition) is 6. The maximum absolute atomic E-state index is 13.0. The van der Waals surface area contributed by atoms with Crippen molar-refractivity contribution >= 4 is 49.7 Å². The Bertz CT molecular complexity index is 1300. The van der Waals surface area contributed by atoms with Crippen LogP contribution in [0.4, 0.5) is 5.00 Å². The Labute approximate surface area is 215 Å². The molecule has 0 atom stereocenters. The highest BCUT2D eigenvalue weighted by Crippen LogP contribution is 2.31. The molecule has 2 heterocycles. The molecule has 3 aromatic rings. The molecule has 184 valence electrons. The van der Waals surface area contributed by atoms with Crippen molar-refractivity contribution in [3.05, 3.63) is 82.2 Å². The second kappa shape index (κ2) is 10.9. The molecule has 1 N–H and O–H groups in total. The van der Waals surface area contributed by atoms with Crippen LogP contribution >= 0.6 is 23.6 Å². The van der Waals surface area contributed by atoms with E-state index in [1.807, 2.05) is 48.2 Å². The number of rotatable bonds is 6. The Balaban J connectivity index is 1.42. The summed E-state index contributed by atoms with van der Waals surface area (Å²) in [5.74, 6) is -0.431. The molecule has 1 aromatic heterocycles. The highest BCUT2D eigenvalue weighted by molar-refractivity contribution is 7.89. The zero-order chi connectivity index (χ0) is 25.0. The standard InChI is InChI=1S/C25H27N3O4S3/c1-18-8-10-21(11-9-18)35(30,31)28-14-12-27(13-15-28)25(33)26-23-22(24(29)32-2)17-20(34-23)16-19-6-4-3-5-7-19/h3-11,17H,12-16H2,1-2H3,(H,26,33). The van der Waals surface area contributed by atoms with Crippen molar-refractivity contribution in [2.75, 3.05) is 38.6 Å². The first-order valence-corrected chi connectivity index (χ1v) is 13.8. The molecule has 1 aliphatic rings. The summed E-state index contributed by atoms with van der Waals surface area (Å²) in [6.07, 6.45) is 0.694. The van der Waals surface area contributed by atoms with Crippen LogP contribution in [0.15, 0.2) is 65.6 Å². The van der Waals surface area contributed by atoms with Gasteiger partial charge in [-0.1, -0.05) is 48.0 Å². The minimum Gasteiger partial charge on any atom is -0.465 e. The van der Waals surface area contributed by atoms with E-state index in [0.29, 0.717) is 53.2 Å². The van der Waals surface area contributed by atoms with Crippen molar-refractivity contribution < 1.29 is 17.9 Å². The molecule has 0 bridgehead atoms. The number of piperazine rings is 1. The van der Waals surface area contributed by atoms with Gasteiger partial charge in [-0.3, -0.25) is 0 Å². The maximum Gasteiger partial charge on any atom is 0.340 e. The van der Waals surface area contributed by atoms with Crippen LogP contribution in [-0.4, -0.2) is 62.0 Å². The van der Waals surface area contributed by atoms with Crippen LogP contribution < -0.4 is 5.32 Å². The second-order valence-corrected chi connectivity index (χ2v) is 11.7. The summed E-state index contributed by atoms with van der Waals surface area (Å²) in [4.78, 5) is 15.6. The quantitative estimate of drug-likeness (QED) is 0.380. The number of anilines is 1. The van der Waals surface area contributed by atoms with Gasteiger partial charge in [0, 0.05) is 37.5 Å². The van der Waals surface area contributed by atoms with E-state index in [2.05, 4.69) is 5.32 Å². The largest absolute Gasteiger partial charge is 0.465 e. The lowest BCUT2D eigenvalue weighted by Crippen LogP contribution is -2.51. The summed E-state index contributed by atoms with van der Waals surface area (Å²) in [7, 11) is -2.20. The van der Waals surface area contributed by atoms with Gasteiger partial charge in [0.2, 0.25) is 10.0 Å². The number of thiophene rings is 1. The SMILES string of the molecule is COC(=O)c1cc(Cc2ccccc2)sc1NC(=S)N1CCN(S(=O)(=O)c2ccc(C)cc2)CC1. The van der Waals surface area contributed by atoms with Crippen LogP contribution in [0.25, 0.3) is 0 Å². The average Bonchev–Trinajstić information content (AvgIpc) is 3.26. The number of hydrogen-bond donors (Lipinski definition) is 1. The van der Waals surface area contributed by atoms with Crippen LogP contribution in [0.3, 0.4) is 0 Å². The Kier molecular flexibility index (Phi) is 7.85. The molecule has 7 nitrogen and oxygen atoms in total. The number of benzene rings is 2. The van der Waals surface area contributed by atoms with Gasteiger partial charge < -0.3 is 15.0 Å². The first kappa shape index (κ1) is 25.3. The number of aryl methyl sites for hydroxylation is 1. The molecule has 0 amide bonds. The lowest BCUT2D eigenvalue weighted by atomic mass is 10.1. The molecule has 35 heavy (non-hydrogen) atoms. The summed E-state index contributed by atoms with van der Waals surface area (Å²) in [6.45, 7) is 3.48. The molecule has 1 saturated heterocycles. The van der Waals surface area contributed by atoms with Crippen molar-refractivity contribution in [1.82, 2.24) is 9.21 Å². The molecule has 4 rings (SSSR count). The molecule has 10 heteroatoms. The Morgan fingerprint density at radius 1 is 1.06 bits per heavy atom. The van der Waals surface area contributed by atoms with Gasteiger partial charge in [0.25, 0.3) is 0 Å². The lowest BCUT2D eigenvalue weighted by Gasteiger charge is -2.35. The Hall–Kier alpha value is -2.79. The third-order valence-corrected chi connectivity index (χ3v) is 9.14. The predicted molar refractivity (Wildman–Crippen MR) is 143 cm³/mol. The van der Waals surface area contributed by atoms with Gasteiger partial charge in [0.15, 0.2) is 5.11 Å². The summed E-state index contributed by atoms with van der Waals surface area (Å²) in [5, 5.41) is 4.28. The topological polar surface area (TPSA) is 79.0 Å². The van der Waals surface area contributed by atoms with E-state index >= 15 is 0 Å². The third-order valence-electron chi connectivity index (χ3n) is 5.81. The highest BCUT2D eigenvalue weighted by Gasteiger charge is 2.29. The lowest BCUT2D eigenvalue weighted by molar-refractivity contribution is 0.0602. The average molecular weight is 530 g/mol. The molecule has 0 saturated carbocycles. The number of sulfonamides is 1. The predicted octanol–water partition coefficient (Wildman–Crippen LogP) is 4.14. The molecule has 2 aromatic carbocycles. The van der Waals surface area contributed by atoms with Gasteiger partial charge in [0.1, 0.15) is 5.00 Å². The molecule has 0 aliphatic carbocycles. The van der Waals surface area contributed by atoms with Crippen molar-refractivity contribution in [2.24, 2.45) is 0 Å². The number of nitrogens with zero attached hydrogens (tertiary/aromatic N) is 2. The van der Waals surface area contributed by atoms with Crippen molar-refractivity contribution in [3.8, 4) is 0 Å². The number of methoxy groups -OCH3 is 1. The highest BCUT2D eigenvalue weighted by atomic mass is 32.2. The van der Waals surface area contributed by atoms with Crippen molar-refractivity contribution in [3.63, 3.8) is 0 Å². The monoisotopic (exact) mass is 529 g/mol. The molecule has 0 unspecified atom stereocenters. The minimum atomic E-state index is -3.55. The maximum atomic E-state index is 13.0. The van der Waals surface area contributed by atoms with Gasteiger partial charge in [-0.15, -0.1) is 11.3 Å². The second-order valence-electron chi connectivity index (χ2n) is 8.24. The number of nitrogens with one attached hydrogen (secondary N) is 1. The number of carbonyl (C=O) groups is 1. The van der Waals surface area contributed by atoms with Gasteiger partial charge in [-0.25, -0.2) is 13.2 Å². The zero-order valence-electron chi connectivity index (χ0n) is 19.6. The van der Waals surface area contributed by atoms with E-state index in [0.717, 1.165) is 16.0 Å². The Morgan fingerprint density at radius 2 is 1.71 bits per heavy atom. The van der Waals surface area contributed by atoms with Crippen LogP contribution in [0.2, 0.25) is 0 Å². The van der Waals surface area contributed by atoms with Crippen LogP contribution in [0.1, 0.15) is 26.4 Å². The Morgan fingerprint density at radius 3 is 2.34 bits per heavy atom. The van der Waals surface area contributed by atoms with Crippen LogP contribution in [0.5, 0.6) is 0 Å². The van der Waals surface area contributed by atoms with Crippen molar-refractivity contribution in [2.45, 2.75) is 18.2 Å². The smallest absolute Gasteiger partial charge is 0.340 e. The number of thiocarbonyl (C=S) groups is 1. The van der Waals surface area contributed by atoms with Gasteiger partial charge >= 0.3 is 5.97 Å². The summed E-state index contributed by atoms with van der Waals surface area (Å²) in [5.41, 5.74) is 2.59. The van der Waals surface area contributed by atoms with E-state index in [1.54, 1.807) is 24.3 Å². The molecular formula is C25H27N3O4S3. The van der Waals surface area contributed by atoms with Crippen LogP contribution in [-0.2, 0) is 21.2 Å². The first-order chi connectivity index (χ1) is 16.8. The number of carbonyl (C=O) groups excluding carboxylic acids is 1. The van der Waals surface area contributed by atoms with E-state index in [4.69, 9.17) is 17.0 Å². The molecule has 1 fully saturated rings. The fraction of sp³-hybridized carbons (Fsp3) is 0.280. The first-order valence-electron chi connectivity index (χ1n) is 11.2. The van der Waals surface area contributed by atoms with Gasteiger partial charge in [-0.2, -0.15) is 4.31 Å². The fourth-order valence-electron chi connectivity index (χ4n) is 3.85. The van der Waals surface area contributed by atoms with Gasteiger partial charge in [0.05, 0.1) is 17.6 Å². The minimum absolute atomic E-state index is 0.296. The van der Waals surface area contributed by atoms with E-state index < -0.39 is 16.0 Å². The van der Waals surface area contributed by atoms with E-state index in [-0.39, 0.29) is 0 Å².